The minimum absolute atomic E-state index is 0.0654. The molecule has 7 heteroatoms. The van der Waals surface area contributed by atoms with Crippen molar-refractivity contribution in [1.82, 2.24) is 20.3 Å². The number of hydrogen-bond acceptors (Lipinski definition) is 5. The van der Waals surface area contributed by atoms with Gasteiger partial charge in [0.25, 0.3) is 5.91 Å². The van der Waals surface area contributed by atoms with E-state index in [4.69, 9.17) is 14.5 Å². The highest BCUT2D eigenvalue weighted by atomic mass is 16.5. The molecule has 1 aliphatic heterocycles. The van der Waals surface area contributed by atoms with Crippen LogP contribution in [0.3, 0.4) is 0 Å². The molecule has 2 N–H and O–H groups in total. The molecule has 1 amide bonds. The summed E-state index contributed by atoms with van der Waals surface area (Å²) < 4.78 is 11.7. The van der Waals surface area contributed by atoms with Crippen LogP contribution in [0.1, 0.15) is 21.6 Å². The topological polar surface area (TPSA) is 89.1 Å². The minimum atomic E-state index is -0.0654. The molecule has 0 spiro atoms. The van der Waals surface area contributed by atoms with Crippen molar-refractivity contribution in [2.75, 3.05) is 13.7 Å². The summed E-state index contributed by atoms with van der Waals surface area (Å²) in [5, 5.41) is 2.87. The van der Waals surface area contributed by atoms with E-state index in [1.807, 2.05) is 60.7 Å². The normalized spacial score (nSPS) is 12.7. The molecular weight excluding hydrogens is 404 g/mol. The average molecular weight is 426 g/mol. The lowest BCUT2D eigenvalue weighted by molar-refractivity contribution is 0.0946. The van der Waals surface area contributed by atoms with Crippen LogP contribution in [0.4, 0.5) is 0 Å². The minimum Gasteiger partial charge on any atom is -0.496 e. The third-order valence-corrected chi connectivity index (χ3v) is 5.40. The second kappa shape index (κ2) is 8.55. The Kier molecular flexibility index (Phi) is 5.29. The number of aromatic nitrogens is 3. The lowest BCUT2D eigenvalue weighted by Gasteiger charge is -2.14. The summed E-state index contributed by atoms with van der Waals surface area (Å²) in [7, 11) is 1.61. The van der Waals surface area contributed by atoms with Gasteiger partial charge in [-0.3, -0.25) is 4.79 Å². The Balaban J connectivity index is 1.52. The average Bonchev–Trinajstić information content (AvgIpc) is 3.29. The van der Waals surface area contributed by atoms with Crippen LogP contribution in [-0.4, -0.2) is 34.5 Å². The number of carbonyl (C=O) groups excluding carboxylic acids is 1. The van der Waals surface area contributed by atoms with Crippen LogP contribution in [-0.2, 0) is 13.0 Å². The van der Waals surface area contributed by atoms with Gasteiger partial charge in [-0.15, -0.1) is 0 Å². The number of fused-ring (bicyclic) bond motifs is 1. The summed E-state index contributed by atoms with van der Waals surface area (Å²) in [6, 6.07) is 19.2. The Labute approximate surface area is 185 Å². The van der Waals surface area contributed by atoms with E-state index in [1.54, 1.807) is 13.3 Å². The summed E-state index contributed by atoms with van der Waals surface area (Å²) in [4.78, 5) is 24.7. The van der Waals surface area contributed by atoms with Crippen LogP contribution in [0.5, 0.6) is 11.5 Å². The molecule has 1 aliphatic rings. The predicted octanol–water partition coefficient (Wildman–Crippen LogP) is 4.01. The predicted molar refractivity (Wildman–Crippen MR) is 121 cm³/mol. The van der Waals surface area contributed by atoms with E-state index in [1.165, 1.54) is 0 Å². The largest absolute Gasteiger partial charge is 0.496 e. The van der Waals surface area contributed by atoms with Gasteiger partial charge in [-0.05, 0) is 29.8 Å². The molecule has 0 bridgehead atoms. The van der Waals surface area contributed by atoms with Gasteiger partial charge >= 0.3 is 0 Å². The number of benzene rings is 2. The zero-order valence-corrected chi connectivity index (χ0v) is 17.6. The van der Waals surface area contributed by atoms with Gasteiger partial charge in [0, 0.05) is 24.9 Å². The first kappa shape index (κ1) is 19.8. The van der Waals surface area contributed by atoms with Crippen molar-refractivity contribution < 1.29 is 14.3 Å². The van der Waals surface area contributed by atoms with Crippen LogP contribution in [0.25, 0.3) is 22.8 Å². The Morgan fingerprint density at radius 3 is 2.69 bits per heavy atom. The number of aromatic amines is 1. The smallest absolute Gasteiger partial charge is 0.253 e. The molecule has 2 aromatic carbocycles. The van der Waals surface area contributed by atoms with E-state index < -0.39 is 0 Å². The fourth-order valence-corrected chi connectivity index (χ4v) is 3.82. The molecule has 5 rings (SSSR count). The lowest BCUT2D eigenvalue weighted by Crippen LogP contribution is -2.31. The highest BCUT2D eigenvalue weighted by Gasteiger charge is 2.21. The van der Waals surface area contributed by atoms with Crippen molar-refractivity contribution in [2.45, 2.75) is 13.0 Å². The van der Waals surface area contributed by atoms with Crippen LogP contribution >= 0.6 is 0 Å². The van der Waals surface area contributed by atoms with Gasteiger partial charge < -0.3 is 19.8 Å². The highest BCUT2D eigenvalue weighted by molar-refractivity contribution is 5.97. The zero-order valence-electron chi connectivity index (χ0n) is 17.6. The van der Waals surface area contributed by atoms with Gasteiger partial charge in [-0.2, -0.15) is 0 Å². The molecule has 4 aromatic rings. The quantitative estimate of drug-likeness (QED) is 0.486. The van der Waals surface area contributed by atoms with E-state index >= 15 is 0 Å². The summed E-state index contributed by atoms with van der Waals surface area (Å²) in [6.07, 6.45) is 2.47. The summed E-state index contributed by atoms with van der Waals surface area (Å²) in [6.45, 7) is 1.04. The molecule has 0 saturated heterocycles. The monoisotopic (exact) mass is 426 g/mol. The van der Waals surface area contributed by atoms with Gasteiger partial charge in [0.05, 0.1) is 24.1 Å². The molecule has 0 unspecified atom stereocenters. The van der Waals surface area contributed by atoms with Crippen molar-refractivity contribution in [1.29, 1.82) is 0 Å². The first-order valence-corrected chi connectivity index (χ1v) is 10.4. The molecule has 0 atom stereocenters. The second-order valence-corrected chi connectivity index (χ2v) is 7.45. The third kappa shape index (κ3) is 3.80. The summed E-state index contributed by atoms with van der Waals surface area (Å²) >= 11 is 0. The van der Waals surface area contributed by atoms with Crippen molar-refractivity contribution in [3.05, 3.63) is 83.7 Å². The maximum atomic E-state index is 12.1. The number of hydrogen-bond donors (Lipinski definition) is 2. The Morgan fingerprint density at radius 1 is 1.03 bits per heavy atom. The molecule has 2 aromatic heterocycles. The van der Waals surface area contributed by atoms with Crippen LogP contribution in [0, 0.1) is 0 Å². The molecule has 7 nitrogen and oxygen atoms in total. The first-order valence-electron chi connectivity index (χ1n) is 10.4. The van der Waals surface area contributed by atoms with Crippen molar-refractivity contribution >= 4 is 5.91 Å². The summed E-state index contributed by atoms with van der Waals surface area (Å²) in [5.74, 6) is 1.68. The van der Waals surface area contributed by atoms with E-state index in [0.29, 0.717) is 47.3 Å². The molecule has 0 radical (unpaired) electrons. The Morgan fingerprint density at radius 2 is 1.88 bits per heavy atom. The number of rotatable bonds is 6. The fraction of sp³-hybridized carbons (Fsp3) is 0.160. The lowest BCUT2D eigenvalue weighted by atomic mass is 10.1. The molecule has 32 heavy (non-hydrogen) atoms. The van der Waals surface area contributed by atoms with Crippen molar-refractivity contribution in [3.63, 3.8) is 0 Å². The summed E-state index contributed by atoms with van der Waals surface area (Å²) in [5.41, 5.74) is 4.80. The van der Waals surface area contributed by atoms with E-state index in [0.717, 1.165) is 23.4 Å². The second-order valence-electron chi connectivity index (χ2n) is 7.45. The van der Waals surface area contributed by atoms with Gasteiger partial charge in [-0.1, -0.05) is 36.4 Å². The first-order chi connectivity index (χ1) is 15.7. The molecule has 0 saturated carbocycles. The number of methoxy groups -OCH3 is 1. The Hall–Kier alpha value is -4.13. The molecule has 0 fully saturated rings. The fourth-order valence-electron chi connectivity index (χ4n) is 3.82. The number of amides is 1. The number of ether oxygens (including phenoxy) is 2. The molecule has 3 heterocycles. The van der Waals surface area contributed by atoms with Crippen molar-refractivity contribution in [3.8, 4) is 34.3 Å². The van der Waals surface area contributed by atoms with E-state index in [9.17, 15) is 4.79 Å². The zero-order chi connectivity index (χ0) is 21.9. The van der Waals surface area contributed by atoms with E-state index in [-0.39, 0.29) is 5.91 Å². The Bertz CT molecular complexity index is 1270. The number of H-pyrrole nitrogens is 1. The third-order valence-electron chi connectivity index (χ3n) is 5.40. The SMILES string of the molecule is COc1cccc(OCc2ccccc2)c1-c1nccc(-c2cc3c([nH]2)CCNC3=O)n1. The molecular formula is C25H22N4O3. The number of carbonyl (C=O) groups is 1. The maximum absolute atomic E-state index is 12.1. The van der Waals surface area contributed by atoms with E-state index in [2.05, 4.69) is 15.3 Å². The van der Waals surface area contributed by atoms with Gasteiger partial charge in [0.1, 0.15) is 23.7 Å². The molecule has 160 valence electrons. The number of nitrogens with zero attached hydrogens (tertiary/aromatic N) is 2. The number of nitrogens with one attached hydrogen (secondary N) is 2. The van der Waals surface area contributed by atoms with Crippen molar-refractivity contribution in [2.24, 2.45) is 0 Å². The van der Waals surface area contributed by atoms with Crippen LogP contribution in [0.15, 0.2) is 66.9 Å². The van der Waals surface area contributed by atoms with Gasteiger partial charge in [0.15, 0.2) is 5.82 Å². The maximum Gasteiger partial charge on any atom is 0.253 e. The van der Waals surface area contributed by atoms with Crippen LogP contribution < -0.4 is 14.8 Å². The van der Waals surface area contributed by atoms with Crippen LogP contribution in [0.2, 0.25) is 0 Å². The van der Waals surface area contributed by atoms with Gasteiger partial charge in [-0.25, -0.2) is 9.97 Å². The molecule has 0 aliphatic carbocycles. The van der Waals surface area contributed by atoms with Gasteiger partial charge in [0.2, 0.25) is 0 Å². The highest BCUT2D eigenvalue weighted by Crippen LogP contribution is 2.37. The standard InChI is InChI=1S/C25H22N4O3/c1-31-21-8-5-9-22(32-15-16-6-3-2-4-7-16)23(21)24-26-12-11-19(29-24)20-14-17-18(28-20)10-13-27-25(17)30/h2-9,11-12,14,28H,10,13,15H2,1H3,(H,27,30).